The van der Waals surface area contributed by atoms with Gasteiger partial charge in [-0.25, -0.2) is 0 Å². The molecule has 1 N–H and O–H groups in total. The van der Waals surface area contributed by atoms with E-state index in [2.05, 4.69) is 24.0 Å². The summed E-state index contributed by atoms with van der Waals surface area (Å²) in [5.41, 5.74) is 2.64. The zero-order valence-corrected chi connectivity index (χ0v) is 13.8. The van der Waals surface area contributed by atoms with E-state index in [-0.39, 0.29) is 11.9 Å². The number of amides is 1. The molecule has 1 aromatic carbocycles. The first-order valence-corrected chi connectivity index (χ1v) is 7.86. The van der Waals surface area contributed by atoms with Gasteiger partial charge in [0, 0.05) is 18.3 Å². The molecule has 0 saturated heterocycles. The summed E-state index contributed by atoms with van der Waals surface area (Å²) in [5, 5.41) is 7.18. The highest BCUT2D eigenvalue weighted by atomic mass is 16.2. The maximum absolute atomic E-state index is 12.7. The van der Waals surface area contributed by atoms with Crippen LogP contribution in [0.25, 0.3) is 0 Å². The van der Waals surface area contributed by atoms with Gasteiger partial charge in [-0.3, -0.25) is 9.89 Å². The Hall–Kier alpha value is -2.10. The van der Waals surface area contributed by atoms with E-state index in [1.807, 2.05) is 55.1 Å². The molecule has 0 radical (unpaired) electrons. The van der Waals surface area contributed by atoms with Crippen molar-refractivity contribution in [3.05, 3.63) is 53.3 Å². The van der Waals surface area contributed by atoms with Crippen LogP contribution in [-0.4, -0.2) is 27.0 Å². The Bertz CT molecular complexity index is 602. The Labute approximate surface area is 132 Å². The summed E-state index contributed by atoms with van der Waals surface area (Å²) < 4.78 is 0. The maximum Gasteiger partial charge on any atom is 0.274 e. The number of aromatic nitrogens is 2. The smallest absolute Gasteiger partial charge is 0.274 e. The first kappa shape index (κ1) is 16.3. The number of carbonyl (C=O) groups excluding carboxylic acids is 1. The van der Waals surface area contributed by atoms with E-state index in [4.69, 9.17) is 0 Å². The molecule has 0 spiro atoms. The van der Waals surface area contributed by atoms with E-state index in [0.29, 0.717) is 18.2 Å². The lowest BCUT2D eigenvalue weighted by Crippen LogP contribution is -2.36. The summed E-state index contributed by atoms with van der Waals surface area (Å²) in [5.74, 6) is 0.513. The molecule has 0 aliphatic rings. The summed E-state index contributed by atoms with van der Waals surface area (Å²) in [4.78, 5) is 14.6. The Balaban J connectivity index is 2.14. The largest absolute Gasteiger partial charge is 0.331 e. The van der Waals surface area contributed by atoms with Crippen molar-refractivity contribution in [1.82, 2.24) is 15.1 Å². The monoisotopic (exact) mass is 299 g/mol. The van der Waals surface area contributed by atoms with Gasteiger partial charge in [-0.05, 0) is 37.8 Å². The number of aromatic amines is 1. The van der Waals surface area contributed by atoms with Crippen LogP contribution in [0.2, 0.25) is 0 Å². The van der Waals surface area contributed by atoms with Gasteiger partial charge in [-0.1, -0.05) is 44.2 Å². The fourth-order valence-corrected chi connectivity index (χ4v) is 2.43. The number of rotatable bonds is 6. The first-order valence-electron chi connectivity index (χ1n) is 7.86. The number of nitrogens with one attached hydrogen (secondary N) is 1. The van der Waals surface area contributed by atoms with Crippen molar-refractivity contribution in [1.29, 1.82) is 0 Å². The molecule has 0 aliphatic carbocycles. The molecule has 118 valence electrons. The predicted molar refractivity (Wildman–Crippen MR) is 88.6 cm³/mol. The van der Waals surface area contributed by atoms with Crippen LogP contribution in [0, 0.1) is 5.92 Å². The number of H-pyrrole nitrogens is 1. The van der Waals surface area contributed by atoms with Crippen molar-refractivity contribution >= 4 is 5.91 Å². The summed E-state index contributed by atoms with van der Waals surface area (Å²) >= 11 is 0. The van der Waals surface area contributed by atoms with E-state index in [1.54, 1.807) is 0 Å². The average molecular weight is 299 g/mol. The quantitative estimate of drug-likeness (QED) is 0.885. The van der Waals surface area contributed by atoms with E-state index in [9.17, 15) is 4.79 Å². The zero-order valence-electron chi connectivity index (χ0n) is 13.8. The van der Waals surface area contributed by atoms with E-state index in [0.717, 1.165) is 17.7 Å². The fraction of sp³-hybridized carbons (Fsp3) is 0.444. The van der Waals surface area contributed by atoms with Crippen LogP contribution >= 0.6 is 0 Å². The predicted octanol–water partition coefficient (Wildman–Crippen LogP) is 3.66. The van der Waals surface area contributed by atoms with E-state index < -0.39 is 0 Å². The second-order valence-electron chi connectivity index (χ2n) is 6.39. The van der Waals surface area contributed by atoms with Gasteiger partial charge >= 0.3 is 0 Å². The standard InChI is InChI=1S/C18H25N3O/c1-13(2)10-16-11-17(20-19-16)18(22)21(14(3)4)12-15-8-6-5-7-9-15/h5-9,11,13-14H,10,12H2,1-4H3,(H,19,20). The molecule has 0 atom stereocenters. The van der Waals surface area contributed by atoms with Gasteiger partial charge in [0.1, 0.15) is 5.69 Å². The molecule has 0 fully saturated rings. The SMILES string of the molecule is CC(C)Cc1cc(C(=O)N(Cc2ccccc2)C(C)C)n[nH]1. The van der Waals surface area contributed by atoms with Crippen molar-refractivity contribution in [3.63, 3.8) is 0 Å². The first-order chi connectivity index (χ1) is 10.5. The summed E-state index contributed by atoms with van der Waals surface area (Å²) in [6, 6.07) is 12.0. The number of nitrogens with zero attached hydrogens (tertiary/aromatic N) is 2. The molecule has 1 heterocycles. The molecule has 2 aromatic rings. The molecule has 2 rings (SSSR count). The molecule has 4 nitrogen and oxygen atoms in total. The van der Waals surface area contributed by atoms with Gasteiger partial charge in [-0.15, -0.1) is 0 Å². The van der Waals surface area contributed by atoms with Gasteiger partial charge in [0.2, 0.25) is 0 Å². The fourth-order valence-electron chi connectivity index (χ4n) is 2.43. The minimum atomic E-state index is -0.0230. The minimum absolute atomic E-state index is 0.0230. The Morgan fingerprint density at radius 3 is 2.45 bits per heavy atom. The lowest BCUT2D eigenvalue weighted by molar-refractivity contribution is 0.0684. The number of hydrogen-bond donors (Lipinski definition) is 1. The van der Waals surface area contributed by atoms with Crippen molar-refractivity contribution in [2.45, 2.75) is 46.7 Å². The topological polar surface area (TPSA) is 49.0 Å². The molecular formula is C18H25N3O. The Kier molecular flexibility index (Phi) is 5.36. The van der Waals surface area contributed by atoms with E-state index in [1.165, 1.54) is 0 Å². The lowest BCUT2D eigenvalue weighted by Gasteiger charge is -2.26. The second kappa shape index (κ2) is 7.25. The number of hydrogen-bond acceptors (Lipinski definition) is 2. The lowest BCUT2D eigenvalue weighted by atomic mass is 10.1. The molecular weight excluding hydrogens is 274 g/mol. The van der Waals surface area contributed by atoms with Crippen LogP contribution in [-0.2, 0) is 13.0 Å². The summed E-state index contributed by atoms with van der Waals surface area (Å²) in [7, 11) is 0. The third-order valence-electron chi connectivity index (χ3n) is 3.56. The summed E-state index contributed by atoms with van der Waals surface area (Å²) in [6.45, 7) is 8.96. The van der Waals surface area contributed by atoms with Gasteiger partial charge in [0.25, 0.3) is 5.91 Å². The van der Waals surface area contributed by atoms with Crippen molar-refractivity contribution in [3.8, 4) is 0 Å². The molecule has 22 heavy (non-hydrogen) atoms. The molecule has 1 amide bonds. The molecule has 0 saturated carbocycles. The van der Waals surface area contributed by atoms with E-state index >= 15 is 0 Å². The number of benzene rings is 1. The van der Waals surface area contributed by atoms with Crippen LogP contribution in [0.3, 0.4) is 0 Å². The molecule has 0 unspecified atom stereocenters. The normalized spacial score (nSPS) is 11.2. The average Bonchev–Trinajstić information content (AvgIpc) is 2.92. The van der Waals surface area contributed by atoms with Gasteiger partial charge in [0.05, 0.1) is 0 Å². The van der Waals surface area contributed by atoms with Crippen LogP contribution < -0.4 is 0 Å². The number of carbonyl (C=O) groups is 1. The van der Waals surface area contributed by atoms with Crippen molar-refractivity contribution in [2.24, 2.45) is 5.92 Å². The van der Waals surface area contributed by atoms with Gasteiger partial charge in [-0.2, -0.15) is 5.10 Å². The maximum atomic E-state index is 12.7. The molecule has 1 aromatic heterocycles. The van der Waals surface area contributed by atoms with Gasteiger partial charge < -0.3 is 4.90 Å². The third-order valence-corrected chi connectivity index (χ3v) is 3.56. The molecule has 0 bridgehead atoms. The molecule has 4 heteroatoms. The van der Waals surface area contributed by atoms with Gasteiger partial charge in [0.15, 0.2) is 0 Å². The highest BCUT2D eigenvalue weighted by Gasteiger charge is 2.21. The van der Waals surface area contributed by atoms with Crippen LogP contribution in [0.4, 0.5) is 0 Å². The van der Waals surface area contributed by atoms with Crippen molar-refractivity contribution in [2.75, 3.05) is 0 Å². The highest BCUT2D eigenvalue weighted by Crippen LogP contribution is 2.14. The third kappa shape index (κ3) is 4.20. The van der Waals surface area contributed by atoms with Crippen LogP contribution in [0.1, 0.15) is 49.4 Å². The second-order valence-corrected chi connectivity index (χ2v) is 6.39. The summed E-state index contributed by atoms with van der Waals surface area (Å²) in [6.07, 6.45) is 0.903. The van der Waals surface area contributed by atoms with Crippen LogP contribution in [0.5, 0.6) is 0 Å². The molecule has 0 aliphatic heterocycles. The Morgan fingerprint density at radius 2 is 1.86 bits per heavy atom. The van der Waals surface area contributed by atoms with Crippen LogP contribution in [0.15, 0.2) is 36.4 Å². The Morgan fingerprint density at radius 1 is 1.18 bits per heavy atom. The highest BCUT2D eigenvalue weighted by molar-refractivity contribution is 5.92. The zero-order chi connectivity index (χ0) is 16.1. The minimum Gasteiger partial charge on any atom is -0.331 e. The van der Waals surface area contributed by atoms with Crippen molar-refractivity contribution < 1.29 is 4.79 Å².